The molecule has 2 aromatic heterocycles. The second kappa shape index (κ2) is 13.1. The average molecular weight is 635 g/mol. The second-order valence-corrected chi connectivity index (χ2v) is 12.7. The molecule has 0 saturated carbocycles. The van der Waals surface area contributed by atoms with Gasteiger partial charge in [0.05, 0.1) is 24.6 Å². The Morgan fingerprint density at radius 3 is 2.52 bits per heavy atom. The molecule has 14 heteroatoms. The van der Waals surface area contributed by atoms with Crippen molar-refractivity contribution in [3.63, 3.8) is 0 Å². The van der Waals surface area contributed by atoms with Gasteiger partial charge < -0.3 is 33.6 Å². The molecule has 0 aliphatic carbocycles. The first kappa shape index (κ1) is 32.3. The first-order valence-electron chi connectivity index (χ1n) is 14.7. The number of carbonyl (C=O) groups is 2. The van der Waals surface area contributed by atoms with Gasteiger partial charge in [-0.2, -0.15) is 0 Å². The molecule has 0 spiro atoms. The number of hydroxylamine groups is 2. The third-order valence-electron chi connectivity index (χ3n) is 6.68. The van der Waals surface area contributed by atoms with E-state index in [4.69, 9.17) is 28.3 Å². The fourth-order valence-corrected chi connectivity index (χ4v) is 4.52. The predicted octanol–water partition coefficient (Wildman–Crippen LogP) is 6.68. The lowest BCUT2D eigenvalue weighted by Gasteiger charge is -2.22. The van der Waals surface area contributed by atoms with Gasteiger partial charge in [-0.25, -0.2) is 19.6 Å². The first-order valence-corrected chi connectivity index (χ1v) is 14.7. The fraction of sp³-hybridized carbons (Fsp3) is 0.406. The summed E-state index contributed by atoms with van der Waals surface area (Å²) in [7, 11) is 1.54. The van der Waals surface area contributed by atoms with Crippen LogP contribution in [-0.2, 0) is 15.0 Å². The number of amides is 2. The highest BCUT2D eigenvalue weighted by atomic mass is 16.8. The van der Waals surface area contributed by atoms with E-state index >= 15 is 0 Å². The number of benzene rings is 2. The Morgan fingerprint density at radius 2 is 1.80 bits per heavy atom. The van der Waals surface area contributed by atoms with E-state index < -0.39 is 17.8 Å². The number of urea groups is 1. The number of rotatable bonds is 8. The highest BCUT2D eigenvalue weighted by Crippen LogP contribution is 2.37. The highest BCUT2D eigenvalue weighted by Gasteiger charge is 2.30. The van der Waals surface area contributed by atoms with Crippen LogP contribution in [0.1, 0.15) is 53.7 Å². The van der Waals surface area contributed by atoms with Gasteiger partial charge in [-0.05, 0) is 39.0 Å². The summed E-state index contributed by atoms with van der Waals surface area (Å²) >= 11 is 0. The fourth-order valence-electron chi connectivity index (χ4n) is 4.52. The minimum Gasteiger partial charge on any atom is -0.493 e. The van der Waals surface area contributed by atoms with Crippen molar-refractivity contribution in [1.82, 2.24) is 20.2 Å². The normalized spacial score (nSPS) is 15.3. The molecule has 2 amide bonds. The van der Waals surface area contributed by atoms with Crippen LogP contribution in [0.3, 0.4) is 0 Å². The summed E-state index contributed by atoms with van der Waals surface area (Å²) in [5.74, 6) is 2.59. The van der Waals surface area contributed by atoms with Gasteiger partial charge in [0.15, 0.2) is 17.3 Å². The van der Waals surface area contributed by atoms with Crippen LogP contribution in [0.25, 0.3) is 10.9 Å². The van der Waals surface area contributed by atoms with Crippen molar-refractivity contribution in [2.45, 2.75) is 65.1 Å². The molecule has 1 atom stereocenters. The minimum atomic E-state index is -0.764. The number of hydrogen-bond acceptors (Lipinski definition) is 12. The SMILES string of the molecule is COc1cc2ncnc(Oc3cccc(NC(=O)Nc4cc(C(C)(C)C)on4)c3)c2cc1O[C@H]1CCN(OC(=O)OC(C)(C)C)C1. The van der Waals surface area contributed by atoms with Crippen molar-refractivity contribution in [3.8, 4) is 23.1 Å². The smallest absolute Gasteiger partial charge is 0.493 e. The van der Waals surface area contributed by atoms with Crippen molar-refractivity contribution >= 4 is 34.6 Å². The van der Waals surface area contributed by atoms with Crippen molar-refractivity contribution in [1.29, 1.82) is 0 Å². The zero-order valence-electron chi connectivity index (χ0n) is 26.9. The third kappa shape index (κ3) is 8.33. The molecule has 244 valence electrons. The monoisotopic (exact) mass is 634 g/mol. The lowest BCUT2D eigenvalue weighted by atomic mass is 9.93. The number of ether oxygens (including phenoxy) is 4. The van der Waals surface area contributed by atoms with E-state index in [9.17, 15) is 9.59 Å². The van der Waals surface area contributed by atoms with Crippen LogP contribution in [0.4, 0.5) is 21.1 Å². The molecular weight excluding hydrogens is 596 g/mol. The van der Waals surface area contributed by atoms with E-state index in [0.29, 0.717) is 64.9 Å². The Labute approximate surface area is 266 Å². The number of anilines is 2. The number of carbonyl (C=O) groups excluding carboxylic acids is 2. The van der Waals surface area contributed by atoms with E-state index in [1.165, 1.54) is 11.4 Å². The summed E-state index contributed by atoms with van der Waals surface area (Å²) in [4.78, 5) is 38.8. The van der Waals surface area contributed by atoms with Gasteiger partial charge in [-0.15, -0.1) is 5.06 Å². The molecule has 0 bridgehead atoms. The summed E-state index contributed by atoms with van der Waals surface area (Å²) in [6.07, 6.45) is 0.953. The lowest BCUT2D eigenvalue weighted by molar-refractivity contribution is -0.132. The van der Waals surface area contributed by atoms with E-state index in [1.807, 2.05) is 20.8 Å². The van der Waals surface area contributed by atoms with E-state index in [-0.39, 0.29) is 17.4 Å². The summed E-state index contributed by atoms with van der Waals surface area (Å²) in [6, 6.07) is 11.5. The van der Waals surface area contributed by atoms with Gasteiger partial charge in [-0.1, -0.05) is 32.0 Å². The van der Waals surface area contributed by atoms with Gasteiger partial charge in [-0.3, -0.25) is 5.32 Å². The Hall–Kier alpha value is -5.11. The highest BCUT2D eigenvalue weighted by molar-refractivity contribution is 5.99. The molecule has 1 fully saturated rings. The van der Waals surface area contributed by atoms with Gasteiger partial charge in [0, 0.05) is 42.3 Å². The average Bonchev–Trinajstić information content (AvgIpc) is 3.61. The standard InChI is InChI=1S/C32H38N6O8/c1-31(2,3)26-16-27(37-45-26)36-29(39)35-19-9-8-10-20(13-19)43-28-22-14-25(24(41-7)15-23(22)33-18-34-28)42-21-11-12-38(17-21)46-30(40)44-32(4,5)6/h8-10,13-16,18,21H,11-12,17H2,1-7H3,(H2,35,36,37,39)/t21-/m0/s1. The summed E-state index contributed by atoms with van der Waals surface area (Å²) < 4.78 is 28.6. The molecule has 0 unspecified atom stereocenters. The summed E-state index contributed by atoms with van der Waals surface area (Å²) in [5, 5.41) is 11.4. The maximum atomic E-state index is 12.6. The molecule has 1 saturated heterocycles. The van der Waals surface area contributed by atoms with Crippen LogP contribution >= 0.6 is 0 Å². The Morgan fingerprint density at radius 1 is 1.00 bits per heavy atom. The van der Waals surface area contributed by atoms with Gasteiger partial charge in [0.25, 0.3) is 0 Å². The molecule has 3 heterocycles. The van der Waals surface area contributed by atoms with Crippen LogP contribution in [-0.4, -0.2) is 64.3 Å². The molecule has 1 aliphatic heterocycles. The predicted molar refractivity (Wildman–Crippen MR) is 168 cm³/mol. The van der Waals surface area contributed by atoms with Gasteiger partial charge >= 0.3 is 12.2 Å². The molecule has 2 N–H and O–H groups in total. The second-order valence-electron chi connectivity index (χ2n) is 12.7. The van der Waals surface area contributed by atoms with E-state index in [1.54, 1.807) is 70.3 Å². The number of fused-ring (bicyclic) bond motifs is 1. The Balaban J connectivity index is 1.27. The number of hydrogen-bond donors (Lipinski definition) is 2. The third-order valence-corrected chi connectivity index (χ3v) is 6.68. The molecule has 2 aromatic carbocycles. The largest absolute Gasteiger partial charge is 0.528 e. The van der Waals surface area contributed by atoms with E-state index in [0.717, 1.165) is 0 Å². The quantitative estimate of drug-likeness (QED) is 0.198. The molecule has 1 aliphatic rings. The van der Waals surface area contributed by atoms with E-state index in [2.05, 4.69) is 25.8 Å². The molecule has 5 rings (SSSR count). The van der Waals surface area contributed by atoms with Crippen molar-refractivity contribution in [3.05, 3.63) is 54.6 Å². The Bertz CT molecular complexity index is 1710. The summed E-state index contributed by atoms with van der Waals surface area (Å²) in [5.41, 5.74) is 0.160. The molecule has 0 radical (unpaired) electrons. The van der Waals surface area contributed by atoms with Crippen LogP contribution in [0.2, 0.25) is 0 Å². The zero-order chi connectivity index (χ0) is 33.1. The lowest BCUT2D eigenvalue weighted by Crippen LogP contribution is -2.32. The topological polar surface area (TPSA) is 159 Å². The molecular formula is C32H38N6O8. The van der Waals surface area contributed by atoms with Crippen LogP contribution < -0.4 is 24.8 Å². The maximum Gasteiger partial charge on any atom is 0.528 e. The number of aromatic nitrogens is 3. The number of nitrogens with one attached hydrogen (secondary N) is 2. The van der Waals surface area contributed by atoms with Crippen LogP contribution in [0, 0.1) is 0 Å². The number of methoxy groups -OCH3 is 1. The van der Waals surface area contributed by atoms with Crippen molar-refractivity contribution < 1.29 is 37.9 Å². The van der Waals surface area contributed by atoms with Crippen LogP contribution in [0.5, 0.6) is 23.1 Å². The molecule has 46 heavy (non-hydrogen) atoms. The minimum absolute atomic E-state index is 0.242. The number of nitrogens with zero attached hydrogens (tertiary/aromatic N) is 4. The van der Waals surface area contributed by atoms with Crippen molar-refractivity contribution in [2.24, 2.45) is 0 Å². The molecule has 4 aromatic rings. The first-order chi connectivity index (χ1) is 21.8. The van der Waals surface area contributed by atoms with Gasteiger partial charge in [0.2, 0.25) is 5.88 Å². The molecule has 14 nitrogen and oxygen atoms in total. The van der Waals surface area contributed by atoms with Crippen LogP contribution in [0.15, 0.2) is 53.3 Å². The Kier molecular flexibility index (Phi) is 9.19. The van der Waals surface area contributed by atoms with Crippen molar-refractivity contribution in [2.75, 3.05) is 30.8 Å². The summed E-state index contributed by atoms with van der Waals surface area (Å²) in [6.45, 7) is 12.1. The van der Waals surface area contributed by atoms with Gasteiger partial charge in [0.1, 0.15) is 29.5 Å². The zero-order valence-corrected chi connectivity index (χ0v) is 26.9. The maximum absolute atomic E-state index is 12.6.